The second-order valence-corrected chi connectivity index (χ2v) is 7.46. The summed E-state index contributed by atoms with van der Waals surface area (Å²) in [4.78, 5) is 0. The molecule has 1 aliphatic carbocycles. The predicted octanol–water partition coefficient (Wildman–Crippen LogP) is 3.93. The molecule has 1 aromatic rings. The normalized spacial score (nSPS) is 34.5. The zero-order chi connectivity index (χ0) is 14.2. The van der Waals surface area contributed by atoms with Crippen LogP contribution in [0.4, 0.5) is 0 Å². The molecule has 1 saturated heterocycles. The molecule has 4 atom stereocenters. The van der Waals surface area contributed by atoms with Crippen molar-refractivity contribution >= 4 is 0 Å². The van der Waals surface area contributed by atoms with Crippen LogP contribution in [-0.4, -0.2) is 18.7 Å². The molecule has 0 aromatic heterocycles. The Morgan fingerprint density at radius 1 is 1.10 bits per heavy atom. The number of hydrogen-bond acceptors (Lipinski definition) is 2. The standard InChI is InChI=1S/C18H27NO/c1-18(2,3)14-9-10-16-15(11-14)19-12-17(20-16)13-7-5-4-6-8-13/h4-8,14-17,19H,9-12H2,1-3H3. The van der Waals surface area contributed by atoms with E-state index in [2.05, 4.69) is 56.4 Å². The topological polar surface area (TPSA) is 21.3 Å². The van der Waals surface area contributed by atoms with E-state index in [0.717, 1.165) is 12.5 Å². The van der Waals surface area contributed by atoms with Crippen molar-refractivity contribution in [1.29, 1.82) is 0 Å². The molecule has 2 nitrogen and oxygen atoms in total. The third-order valence-electron chi connectivity index (χ3n) is 5.09. The SMILES string of the molecule is CC(C)(C)C1CCC2OC(c3ccccc3)CNC2C1. The van der Waals surface area contributed by atoms with E-state index in [0.29, 0.717) is 17.6 Å². The average molecular weight is 273 g/mol. The molecule has 4 unspecified atom stereocenters. The summed E-state index contributed by atoms with van der Waals surface area (Å²) < 4.78 is 6.37. The quantitative estimate of drug-likeness (QED) is 0.837. The van der Waals surface area contributed by atoms with Crippen molar-refractivity contribution in [3.8, 4) is 0 Å². The van der Waals surface area contributed by atoms with E-state index in [1.807, 2.05) is 0 Å². The van der Waals surface area contributed by atoms with Gasteiger partial charge in [0.05, 0.1) is 12.2 Å². The Bertz CT molecular complexity index is 436. The zero-order valence-corrected chi connectivity index (χ0v) is 12.9. The highest BCUT2D eigenvalue weighted by atomic mass is 16.5. The van der Waals surface area contributed by atoms with E-state index < -0.39 is 0 Å². The first-order chi connectivity index (χ1) is 9.54. The fourth-order valence-corrected chi connectivity index (χ4v) is 3.69. The second kappa shape index (κ2) is 5.50. The Labute approximate surface area is 122 Å². The first kappa shape index (κ1) is 14.1. The third-order valence-corrected chi connectivity index (χ3v) is 5.09. The number of rotatable bonds is 1. The first-order valence-corrected chi connectivity index (χ1v) is 7.98. The number of ether oxygens (including phenoxy) is 1. The van der Waals surface area contributed by atoms with Gasteiger partial charge in [0.25, 0.3) is 0 Å². The lowest BCUT2D eigenvalue weighted by atomic mass is 9.70. The summed E-state index contributed by atoms with van der Waals surface area (Å²) in [6, 6.07) is 11.2. The van der Waals surface area contributed by atoms with Crippen molar-refractivity contribution in [3.63, 3.8) is 0 Å². The van der Waals surface area contributed by atoms with Crippen LogP contribution < -0.4 is 5.32 Å². The molecular weight excluding hydrogens is 246 g/mol. The van der Waals surface area contributed by atoms with Crippen LogP contribution in [-0.2, 0) is 4.74 Å². The van der Waals surface area contributed by atoms with Crippen LogP contribution in [0.25, 0.3) is 0 Å². The summed E-state index contributed by atoms with van der Waals surface area (Å²) in [5.41, 5.74) is 1.72. The van der Waals surface area contributed by atoms with Crippen molar-refractivity contribution in [2.75, 3.05) is 6.54 Å². The van der Waals surface area contributed by atoms with Gasteiger partial charge in [0.15, 0.2) is 0 Å². The zero-order valence-electron chi connectivity index (χ0n) is 12.9. The molecule has 1 saturated carbocycles. The maximum Gasteiger partial charge on any atom is 0.0953 e. The van der Waals surface area contributed by atoms with Gasteiger partial charge in [0, 0.05) is 12.6 Å². The Hall–Kier alpha value is -0.860. The average Bonchev–Trinajstić information content (AvgIpc) is 2.46. The summed E-state index contributed by atoms with van der Waals surface area (Å²) in [7, 11) is 0. The highest BCUT2D eigenvalue weighted by molar-refractivity contribution is 5.18. The first-order valence-electron chi connectivity index (χ1n) is 7.98. The smallest absolute Gasteiger partial charge is 0.0953 e. The van der Waals surface area contributed by atoms with Gasteiger partial charge in [0.1, 0.15) is 0 Å². The van der Waals surface area contributed by atoms with Crippen molar-refractivity contribution in [1.82, 2.24) is 5.32 Å². The van der Waals surface area contributed by atoms with Gasteiger partial charge in [-0.2, -0.15) is 0 Å². The number of benzene rings is 1. The van der Waals surface area contributed by atoms with Crippen molar-refractivity contribution in [2.24, 2.45) is 11.3 Å². The predicted molar refractivity (Wildman–Crippen MR) is 82.6 cm³/mol. The van der Waals surface area contributed by atoms with E-state index >= 15 is 0 Å². The van der Waals surface area contributed by atoms with Crippen LogP contribution in [0.3, 0.4) is 0 Å². The summed E-state index contributed by atoms with van der Waals surface area (Å²) in [5.74, 6) is 0.813. The van der Waals surface area contributed by atoms with Crippen molar-refractivity contribution in [2.45, 2.75) is 58.3 Å². The lowest BCUT2D eigenvalue weighted by Crippen LogP contribution is -2.53. The molecule has 1 N–H and O–H groups in total. The van der Waals surface area contributed by atoms with Crippen molar-refractivity contribution < 1.29 is 4.74 Å². The number of morpholine rings is 1. The highest BCUT2D eigenvalue weighted by Gasteiger charge is 2.39. The molecule has 3 rings (SSSR count). The van der Waals surface area contributed by atoms with Crippen LogP contribution in [0, 0.1) is 11.3 Å². The van der Waals surface area contributed by atoms with Crippen LogP contribution in [0.5, 0.6) is 0 Å². The highest BCUT2D eigenvalue weighted by Crippen LogP contribution is 2.41. The third kappa shape index (κ3) is 2.91. The monoisotopic (exact) mass is 273 g/mol. The Balaban J connectivity index is 1.64. The molecule has 1 aliphatic heterocycles. The molecule has 2 fully saturated rings. The Kier molecular flexibility index (Phi) is 3.87. The summed E-state index contributed by atoms with van der Waals surface area (Å²) in [5, 5.41) is 3.75. The maximum absolute atomic E-state index is 6.37. The van der Waals surface area contributed by atoms with Gasteiger partial charge in [-0.3, -0.25) is 0 Å². The van der Waals surface area contributed by atoms with Gasteiger partial charge in [-0.15, -0.1) is 0 Å². The van der Waals surface area contributed by atoms with E-state index in [-0.39, 0.29) is 6.10 Å². The van der Waals surface area contributed by atoms with Gasteiger partial charge < -0.3 is 10.1 Å². The van der Waals surface area contributed by atoms with Crippen LogP contribution in [0.15, 0.2) is 30.3 Å². The van der Waals surface area contributed by atoms with E-state index in [4.69, 9.17) is 4.74 Å². The van der Waals surface area contributed by atoms with Gasteiger partial charge >= 0.3 is 0 Å². The fourth-order valence-electron chi connectivity index (χ4n) is 3.69. The molecule has 0 amide bonds. The molecule has 20 heavy (non-hydrogen) atoms. The molecule has 0 bridgehead atoms. The largest absolute Gasteiger partial charge is 0.367 e. The van der Waals surface area contributed by atoms with E-state index in [1.165, 1.54) is 24.8 Å². The van der Waals surface area contributed by atoms with E-state index in [1.54, 1.807) is 0 Å². The van der Waals surface area contributed by atoms with Crippen LogP contribution in [0.2, 0.25) is 0 Å². The summed E-state index contributed by atoms with van der Waals surface area (Å²) >= 11 is 0. The number of hydrogen-bond donors (Lipinski definition) is 1. The lowest BCUT2D eigenvalue weighted by molar-refractivity contribution is -0.0941. The minimum Gasteiger partial charge on any atom is -0.367 e. The van der Waals surface area contributed by atoms with Crippen molar-refractivity contribution in [3.05, 3.63) is 35.9 Å². The fraction of sp³-hybridized carbons (Fsp3) is 0.667. The van der Waals surface area contributed by atoms with E-state index in [9.17, 15) is 0 Å². The van der Waals surface area contributed by atoms with Gasteiger partial charge in [0.2, 0.25) is 0 Å². The Morgan fingerprint density at radius 3 is 2.55 bits per heavy atom. The molecule has 2 aliphatic rings. The molecule has 2 heteroatoms. The molecule has 1 aromatic carbocycles. The van der Waals surface area contributed by atoms with Crippen LogP contribution >= 0.6 is 0 Å². The molecule has 1 heterocycles. The van der Waals surface area contributed by atoms with Gasteiger partial charge in [-0.1, -0.05) is 51.1 Å². The summed E-state index contributed by atoms with van der Waals surface area (Å²) in [6.07, 6.45) is 4.38. The van der Waals surface area contributed by atoms with Gasteiger partial charge in [-0.05, 0) is 36.2 Å². The maximum atomic E-state index is 6.37. The minimum absolute atomic E-state index is 0.226. The van der Waals surface area contributed by atoms with Gasteiger partial charge in [-0.25, -0.2) is 0 Å². The number of fused-ring (bicyclic) bond motifs is 1. The number of nitrogens with one attached hydrogen (secondary N) is 1. The van der Waals surface area contributed by atoms with Crippen LogP contribution in [0.1, 0.15) is 51.7 Å². The molecule has 0 radical (unpaired) electrons. The molecular formula is C18H27NO. The minimum atomic E-state index is 0.226. The lowest BCUT2D eigenvalue weighted by Gasteiger charge is -2.46. The second-order valence-electron chi connectivity index (χ2n) is 7.46. The Morgan fingerprint density at radius 2 is 1.85 bits per heavy atom. The molecule has 110 valence electrons. The summed E-state index contributed by atoms with van der Waals surface area (Å²) in [6.45, 7) is 8.05. The molecule has 0 spiro atoms.